The van der Waals surface area contributed by atoms with Gasteiger partial charge < -0.3 is 5.11 Å². The molecule has 1 fully saturated rings. The van der Waals surface area contributed by atoms with Crippen LogP contribution in [0.1, 0.15) is 12.8 Å². The average Bonchev–Trinajstić information content (AvgIpc) is 2.45. The smallest absolute Gasteiger partial charge is 0.0465 e. The normalized spacial score (nSPS) is 46.6. The third-order valence-corrected chi connectivity index (χ3v) is 2.65. The highest BCUT2D eigenvalue weighted by Gasteiger charge is 2.34. The molecular weight excluding hydrogens is 112 g/mol. The molecule has 2 rings (SSSR count). The van der Waals surface area contributed by atoms with Gasteiger partial charge in [-0.15, -0.1) is 0 Å². The van der Waals surface area contributed by atoms with Gasteiger partial charge in [0.2, 0.25) is 0 Å². The lowest BCUT2D eigenvalue weighted by molar-refractivity contribution is 0.207. The number of hydrogen-bond donors (Lipinski definition) is 1. The molecule has 0 aromatic heterocycles. The second kappa shape index (κ2) is 1.84. The summed E-state index contributed by atoms with van der Waals surface area (Å²) in [6.07, 6.45) is 7.12. The molecule has 50 valence electrons. The van der Waals surface area contributed by atoms with E-state index in [1.165, 1.54) is 12.8 Å². The van der Waals surface area contributed by atoms with Crippen molar-refractivity contribution < 1.29 is 5.11 Å². The van der Waals surface area contributed by atoms with Gasteiger partial charge in [0.15, 0.2) is 0 Å². The van der Waals surface area contributed by atoms with E-state index in [2.05, 4.69) is 12.2 Å². The van der Waals surface area contributed by atoms with E-state index in [1.807, 2.05) is 0 Å². The highest BCUT2D eigenvalue weighted by atomic mass is 16.3. The van der Waals surface area contributed by atoms with Gasteiger partial charge in [-0.1, -0.05) is 12.2 Å². The maximum Gasteiger partial charge on any atom is 0.0465 e. The van der Waals surface area contributed by atoms with E-state index in [9.17, 15) is 0 Å². The monoisotopic (exact) mass is 124 g/mol. The van der Waals surface area contributed by atoms with Gasteiger partial charge in [-0.3, -0.25) is 0 Å². The quantitative estimate of drug-likeness (QED) is 0.520. The third-order valence-electron chi connectivity index (χ3n) is 2.65. The van der Waals surface area contributed by atoms with E-state index in [1.54, 1.807) is 0 Å². The van der Waals surface area contributed by atoms with Crippen molar-refractivity contribution in [1.29, 1.82) is 0 Å². The van der Waals surface area contributed by atoms with E-state index >= 15 is 0 Å². The van der Waals surface area contributed by atoms with E-state index in [0.717, 1.165) is 11.8 Å². The zero-order valence-corrected chi connectivity index (χ0v) is 5.46. The van der Waals surface area contributed by atoms with Crippen LogP contribution in [0.2, 0.25) is 0 Å². The van der Waals surface area contributed by atoms with Crippen molar-refractivity contribution in [2.75, 3.05) is 6.61 Å². The Morgan fingerprint density at radius 1 is 1.33 bits per heavy atom. The first-order valence-electron chi connectivity index (χ1n) is 3.69. The van der Waals surface area contributed by atoms with Gasteiger partial charge >= 0.3 is 0 Å². The maximum atomic E-state index is 8.85. The molecule has 1 saturated carbocycles. The van der Waals surface area contributed by atoms with Gasteiger partial charge in [-0.2, -0.15) is 0 Å². The minimum absolute atomic E-state index is 0.394. The molecule has 2 aliphatic rings. The molecule has 1 N–H and O–H groups in total. The number of allylic oxidation sites excluding steroid dienone is 2. The summed E-state index contributed by atoms with van der Waals surface area (Å²) in [5.74, 6) is 2.13. The fraction of sp³-hybridized carbons (Fsp3) is 0.750. The first-order valence-corrected chi connectivity index (χ1v) is 3.69. The zero-order chi connectivity index (χ0) is 6.27. The Morgan fingerprint density at radius 2 is 2.22 bits per heavy atom. The van der Waals surface area contributed by atoms with Gasteiger partial charge in [0.1, 0.15) is 0 Å². The molecule has 2 bridgehead atoms. The van der Waals surface area contributed by atoms with Crippen molar-refractivity contribution >= 4 is 0 Å². The van der Waals surface area contributed by atoms with E-state index in [-0.39, 0.29) is 0 Å². The van der Waals surface area contributed by atoms with Crippen LogP contribution in [0.5, 0.6) is 0 Å². The van der Waals surface area contributed by atoms with Crippen molar-refractivity contribution in [2.24, 2.45) is 17.8 Å². The van der Waals surface area contributed by atoms with E-state index in [0.29, 0.717) is 12.5 Å². The van der Waals surface area contributed by atoms with Gasteiger partial charge in [0, 0.05) is 6.61 Å². The van der Waals surface area contributed by atoms with Crippen LogP contribution < -0.4 is 0 Å². The van der Waals surface area contributed by atoms with Crippen LogP contribution in [0.25, 0.3) is 0 Å². The van der Waals surface area contributed by atoms with Gasteiger partial charge in [0.25, 0.3) is 0 Å². The molecule has 0 saturated heterocycles. The molecule has 0 aromatic rings. The Labute approximate surface area is 55.4 Å². The minimum atomic E-state index is 0.394. The van der Waals surface area contributed by atoms with Crippen molar-refractivity contribution in [3.63, 3.8) is 0 Å². The van der Waals surface area contributed by atoms with Crippen molar-refractivity contribution in [2.45, 2.75) is 12.8 Å². The number of aliphatic hydroxyl groups is 1. The van der Waals surface area contributed by atoms with Crippen LogP contribution in [-0.4, -0.2) is 11.7 Å². The summed E-state index contributed by atoms with van der Waals surface area (Å²) in [5, 5.41) is 8.85. The topological polar surface area (TPSA) is 20.2 Å². The fourth-order valence-corrected chi connectivity index (χ4v) is 2.10. The lowest BCUT2D eigenvalue weighted by Gasteiger charge is -2.13. The molecule has 0 radical (unpaired) electrons. The van der Waals surface area contributed by atoms with Crippen LogP contribution >= 0.6 is 0 Å². The molecular formula is C8H12O. The largest absolute Gasteiger partial charge is 0.396 e. The van der Waals surface area contributed by atoms with E-state index in [4.69, 9.17) is 5.11 Å². The van der Waals surface area contributed by atoms with E-state index < -0.39 is 0 Å². The molecule has 3 atom stereocenters. The summed E-state index contributed by atoms with van der Waals surface area (Å²) in [6.45, 7) is 0.394. The summed E-state index contributed by atoms with van der Waals surface area (Å²) in [5.41, 5.74) is 0. The highest BCUT2D eigenvalue weighted by Crippen LogP contribution is 2.42. The average molecular weight is 124 g/mol. The lowest BCUT2D eigenvalue weighted by Crippen LogP contribution is -2.10. The zero-order valence-electron chi connectivity index (χ0n) is 5.46. The lowest BCUT2D eigenvalue weighted by atomic mass is 9.95. The van der Waals surface area contributed by atoms with Gasteiger partial charge in [0.05, 0.1) is 0 Å². The summed E-state index contributed by atoms with van der Waals surface area (Å²) in [6, 6.07) is 0. The first kappa shape index (κ1) is 5.48. The van der Waals surface area contributed by atoms with Crippen molar-refractivity contribution in [1.82, 2.24) is 0 Å². The molecule has 1 nitrogen and oxygen atoms in total. The number of hydrogen-bond acceptors (Lipinski definition) is 1. The summed E-state index contributed by atoms with van der Waals surface area (Å²) >= 11 is 0. The molecule has 1 heteroatoms. The molecule has 2 aliphatic carbocycles. The van der Waals surface area contributed by atoms with Crippen LogP contribution in [0.4, 0.5) is 0 Å². The summed E-state index contributed by atoms with van der Waals surface area (Å²) in [4.78, 5) is 0. The maximum absolute atomic E-state index is 8.85. The highest BCUT2D eigenvalue weighted by molar-refractivity contribution is 5.09. The van der Waals surface area contributed by atoms with Crippen LogP contribution in [0.15, 0.2) is 12.2 Å². The second-order valence-corrected chi connectivity index (χ2v) is 3.22. The van der Waals surface area contributed by atoms with Crippen molar-refractivity contribution in [3.8, 4) is 0 Å². The predicted molar refractivity (Wildman–Crippen MR) is 35.9 cm³/mol. The molecule has 0 heterocycles. The molecule has 9 heavy (non-hydrogen) atoms. The first-order chi connectivity index (χ1) is 4.40. The number of fused-ring (bicyclic) bond motifs is 2. The summed E-state index contributed by atoms with van der Waals surface area (Å²) < 4.78 is 0. The van der Waals surface area contributed by atoms with Crippen molar-refractivity contribution in [3.05, 3.63) is 12.2 Å². The minimum Gasteiger partial charge on any atom is -0.396 e. The molecule has 0 aliphatic heterocycles. The molecule has 0 unspecified atom stereocenters. The predicted octanol–water partition coefficient (Wildman–Crippen LogP) is 1.19. The Kier molecular flexibility index (Phi) is 1.12. The number of aliphatic hydroxyl groups excluding tert-OH is 1. The number of rotatable bonds is 1. The second-order valence-electron chi connectivity index (χ2n) is 3.22. The molecule has 0 amide bonds. The molecule has 0 spiro atoms. The Bertz CT molecular complexity index is 140. The Balaban J connectivity index is 2.10. The Hall–Kier alpha value is -0.300. The fourth-order valence-electron chi connectivity index (χ4n) is 2.10. The van der Waals surface area contributed by atoms with Gasteiger partial charge in [-0.25, -0.2) is 0 Å². The SMILES string of the molecule is OC[C@H]1C[C@@H]2C=C[C@H]1C2. The molecule has 0 aromatic carbocycles. The third kappa shape index (κ3) is 0.715. The standard InChI is InChI=1S/C8H12O/c9-5-8-4-6-1-2-7(8)3-6/h1-2,6-9H,3-5H2/t6-,7+,8-/m1/s1. The van der Waals surface area contributed by atoms with Gasteiger partial charge in [-0.05, 0) is 30.6 Å². The summed E-state index contributed by atoms with van der Waals surface area (Å²) in [7, 11) is 0. The Morgan fingerprint density at radius 3 is 2.56 bits per heavy atom. The van der Waals surface area contributed by atoms with Crippen LogP contribution in [-0.2, 0) is 0 Å². The van der Waals surface area contributed by atoms with Crippen LogP contribution in [0, 0.1) is 17.8 Å². The van der Waals surface area contributed by atoms with Crippen LogP contribution in [0.3, 0.4) is 0 Å².